The first-order valence-corrected chi connectivity index (χ1v) is 8.68. The fourth-order valence-electron chi connectivity index (χ4n) is 2.68. The van der Waals surface area contributed by atoms with Gasteiger partial charge in [0.05, 0.1) is 25.0 Å². The molecule has 0 saturated heterocycles. The number of likely N-dealkylation sites (N-methyl/N-ethyl adjacent to an activating group) is 2. The lowest BCUT2D eigenvalue weighted by Gasteiger charge is -2.25. The summed E-state index contributed by atoms with van der Waals surface area (Å²) in [4.78, 5) is 11.3. The zero-order chi connectivity index (χ0) is 18.5. The number of aromatic nitrogens is 4. The van der Waals surface area contributed by atoms with E-state index in [4.69, 9.17) is 9.72 Å². The van der Waals surface area contributed by atoms with Crippen molar-refractivity contribution < 1.29 is 4.74 Å². The molecule has 0 bridgehead atoms. The minimum atomic E-state index is 0.334. The quantitative estimate of drug-likeness (QED) is 0.572. The number of hydrogen-bond donors (Lipinski definition) is 3. The van der Waals surface area contributed by atoms with E-state index in [-0.39, 0.29) is 0 Å². The molecule has 0 fully saturated rings. The van der Waals surface area contributed by atoms with Gasteiger partial charge in [-0.2, -0.15) is 10.1 Å². The van der Waals surface area contributed by atoms with Crippen LogP contribution in [0.2, 0.25) is 0 Å². The number of fused-ring (bicyclic) bond motifs is 1. The molecular weight excluding hydrogens is 330 g/mol. The number of nitrogens with zero attached hydrogens (tertiary/aromatic N) is 4. The zero-order valence-electron chi connectivity index (χ0n) is 15.6. The van der Waals surface area contributed by atoms with Crippen molar-refractivity contribution in [2.75, 3.05) is 37.5 Å². The predicted octanol–water partition coefficient (Wildman–Crippen LogP) is 2.54. The van der Waals surface area contributed by atoms with Gasteiger partial charge in [-0.1, -0.05) is 0 Å². The van der Waals surface area contributed by atoms with Gasteiger partial charge in [0.25, 0.3) is 0 Å². The van der Waals surface area contributed by atoms with Gasteiger partial charge < -0.3 is 20.3 Å². The first-order valence-electron chi connectivity index (χ1n) is 8.68. The average Bonchev–Trinajstić information content (AvgIpc) is 3.13. The Labute approximate surface area is 153 Å². The number of nitrogens with one attached hydrogen (secondary N) is 3. The van der Waals surface area contributed by atoms with E-state index in [1.807, 2.05) is 25.2 Å². The Morgan fingerprint density at radius 3 is 2.88 bits per heavy atom. The molecule has 8 heteroatoms. The molecule has 0 spiro atoms. The van der Waals surface area contributed by atoms with E-state index < -0.39 is 0 Å². The van der Waals surface area contributed by atoms with Crippen LogP contribution in [0.4, 0.5) is 17.5 Å². The SMILES string of the molecule is CCN(CC(C)NC)c1ncc(OC)c(Nc2ccc3[nH]ncc3c2)n1. The van der Waals surface area contributed by atoms with Gasteiger partial charge in [0, 0.05) is 30.2 Å². The number of hydrogen-bond acceptors (Lipinski definition) is 7. The summed E-state index contributed by atoms with van der Waals surface area (Å²) in [5.41, 5.74) is 1.90. The molecule has 1 atom stereocenters. The molecule has 3 rings (SSSR count). The summed E-state index contributed by atoms with van der Waals surface area (Å²) in [7, 11) is 3.57. The monoisotopic (exact) mass is 355 g/mol. The van der Waals surface area contributed by atoms with Crippen molar-refractivity contribution in [3.05, 3.63) is 30.6 Å². The number of rotatable bonds is 8. The summed E-state index contributed by atoms with van der Waals surface area (Å²) < 4.78 is 5.42. The molecule has 0 aliphatic heterocycles. The van der Waals surface area contributed by atoms with E-state index >= 15 is 0 Å². The normalized spacial score (nSPS) is 12.2. The van der Waals surface area contributed by atoms with Gasteiger partial charge in [-0.25, -0.2) is 4.98 Å². The highest BCUT2D eigenvalue weighted by Gasteiger charge is 2.15. The van der Waals surface area contributed by atoms with Gasteiger partial charge in [-0.3, -0.25) is 5.10 Å². The van der Waals surface area contributed by atoms with Crippen LogP contribution in [0, 0.1) is 0 Å². The second-order valence-electron chi connectivity index (χ2n) is 6.11. The Morgan fingerprint density at radius 1 is 1.31 bits per heavy atom. The molecule has 8 nitrogen and oxygen atoms in total. The Kier molecular flexibility index (Phi) is 5.52. The van der Waals surface area contributed by atoms with E-state index in [1.165, 1.54) is 0 Å². The molecular formula is C18H25N7O. The summed E-state index contributed by atoms with van der Waals surface area (Å²) in [5.74, 6) is 1.90. The second-order valence-corrected chi connectivity index (χ2v) is 6.11. The fourth-order valence-corrected chi connectivity index (χ4v) is 2.68. The van der Waals surface area contributed by atoms with Crippen molar-refractivity contribution in [1.29, 1.82) is 0 Å². The van der Waals surface area contributed by atoms with Crippen molar-refractivity contribution in [2.45, 2.75) is 19.9 Å². The predicted molar refractivity (Wildman–Crippen MR) is 104 cm³/mol. The maximum absolute atomic E-state index is 5.42. The molecule has 2 aromatic heterocycles. The van der Waals surface area contributed by atoms with E-state index in [1.54, 1.807) is 19.5 Å². The molecule has 0 aliphatic carbocycles. The van der Waals surface area contributed by atoms with Crippen LogP contribution in [0.1, 0.15) is 13.8 Å². The molecule has 3 aromatic rings. The average molecular weight is 355 g/mol. The summed E-state index contributed by atoms with van der Waals surface area (Å²) >= 11 is 0. The van der Waals surface area contributed by atoms with Crippen molar-refractivity contribution in [3.63, 3.8) is 0 Å². The van der Waals surface area contributed by atoms with Gasteiger partial charge in [0.1, 0.15) is 0 Å². The van der Waals surface area contributed by atoms with Gasteiger partial charge in [-0.05, 0) is 39.1 Å². The van der Waals surface area contributed by atoms with Gasteiger partial charge in [0.15, 0.2) is 11.6 Å². The largest absolute Gasteiger partial charge is 0.491 e. The zero-order valence-corrected chi connectivity index (χ0v) is 15.6. The van der Waals surface area contributed by atoms with Crippen LogP contribution in [0.25, 0.3) is 10.9 Å². The number of anilines is 3. The van der Waals surface area contributed by atoms with Crippen molar-refractivity contribution in [3.8, 4) is 5.75 Å². The minimum absolute atomic E-state index is 0.334. The fraction of sp³-hybridized carbons (Fsp3) is 0.389. The maximum Gasteiger partial charge on any atom is 0.227 e. The molecule has 0 saturated carbocycles. The molecule has 3 N–H and O–H groups in total. The van der Waals surface area contributed by atoms with Crippen LogP contribution in [-0.2, 0) is 0 Å². The topological polar surface area (TPSA) is 91.0 Å². The third-order valence-electron chi connectivity index (χ3n) is 4.32. The summed E-state index contributed by atoms with van der Waals surface area (Å²) in [6, 6.07) is 6.30. The highest BCUT2D eigenvalue weighted by atomic mass is 16.5. The summed E-state index contributed by atoms with van der Waals surface area (Å²) in [6.45, 7) is 5.86. The number of benzene rings is 1. The van der Waals surface area contributed by atoms with Gasteiger partial charge >= 0.3 is 0 Å². The molecule has 138 valence electrons. The van der Waals surface area contributed by atoms with Crippen molar-refractivity contribution >= 4 is 28.4 Å². The van der Waals surface area contributed by atoms with E-state index in [9.17, 15) is 0 Å². The Balaban J connectivity index is 1.89. The highest BCUT2D eigenvalue weighted by Crippen LogP contribution is 2.28. The molecule has 0 radical (unpaired) electrons. The van der Waals surface area contributed by atoms with Crippen LogP contribution < -0.4 is 20.3 Å². The lowest BCUT2D eigenvalue weighted by molar-refractivity contribution is 0.413. The number of ether oxygens (including phenoxy) is 1. The second kappa shape index (κ2) is 8.01. The van der Waals surface area contributed by atoms with Crippen LogP contribution >= 0.6 is 0 Å². The number of H-pyrrole nitrogens is 1. The molecule has 1 aromatic carbocycles. The van der Waals surface area contributed by atoms with E-state index in [0.29, 0.717) is 23.6 Å². The third kappa shape index (κ3) is 3.85. The first-order chi connectivity index (χ1) is 12.6. The Hall–Kier alpha value is -2.87. The van der Waals surface area contributed by atoms with Crippen LogP contribution in [0.5, 0.6) is 5.75 Å². The maximum atomic E-state index is 5.42. The minimum Gasteiger partial charge on any atom is -0.491 e. The number of aromatic amines is 1. The molecule has 2 heterocycles. The third-order valence-corrected chi connectivity index (χ3v) is 4.32. The van der Waals surface area contributed by atoms with Crippen LogP contribution in [0.3, 0.4) is 0 Å². The first kappa shape index (κ1) is 17.9. The van der Waals surface area contributed by atoms with Crippen molar-refractivity contribution in [2.24, 2.45) is 0 Å². The van der Waals surface area contributed by atoms with Gasteiger partial charge in [-0.15, -0.1) is 0 Å². The van der Waals surface area contributed by atoms with Crippen molar-refractivity contribution in [1.82, 2.24) is 25.5 Å². The standard InChI is InChI=1S/C18H25N7O/c1-5-25(11-12(2)19-3)18-20-10-16(26-4)17(23-18)22-14-6-7-15-13(8-14)9-21-24-15/h6-10,12,19H,5,11H2,1-4H3,(H,21,24)(H,20,22,23). The molecule has 0 amide bonds. The Bertz CT molecular complexity index is 864. The lowest BCUT2D eigenvalue weighted by atomic mass is 10.2. The Morgan fingerprint density at radius 2 is 2.15 bits per heavy atom. The molecule has 26 heavy (non-hydrogen) atoms. The highest BCUT2D eigenvalue weighted by molar-refractivity contribution is 5.83. The molecule has 0 aliphatic rings. The van der Waals surface area contributed by atoms with Crippen LogP contribution in [0.15, 0.2) is 30.6 Å². The lowest BCUT2D eigenvalue weighted by Crippen LogP contribution is -2.38. The summed E-state index contributed by atoms with van der Waals surface area (Å²) in [5, 5.41) is 14.6. The smallest absolute Gasteiger partial charge is 0.227 e. The number of methoxy groups -OCH3 is 1. The summed E-state index contributed by atoms with van der Waals surface area (Å²) in [6.07, 6.45) is 3.49. The molecule has 1 unspecified atom stereocenters. The van der Waals surface area contributed by atoms with Crippen LogP contribution in [-0.4, -0.2) is 53.5 Å². The van der Waals surface area contributed by atoms with Gasteiger partial charge in [0.2, 0.25) is 5.95 Å². The van der Waals surface area contributed by atoms with E-state index in [2.05, 4.69) is 44.6 Å². The van der Waals surface area contributed by atoms with E-state index in [0.717, 1.165) is 29.7 Å².